The van der Waals surface area contributed by atoms with Crippen molar-refractivity contribution in [3.05, 3.63) is 99.9 Å². The Kier molecular flexibility index (Phi) is 5.37. The topological polar surface area (TPSA) is 140 Å². The summed E-state index contributed by atoms with van der Waals surface area (Å²) in [5.41, 5.74) is 7.15. The molecule has 0 saturated carbocycles. The third-order valence-electron chi connectivity index (χ3n) is 6.37. The third kappa shape index (κ3) is 3.83. The molecule has 8 nitrogen and oxygen atoms in total. The molecule has 0 saturated heterocycles. The number of fused-ring (bicyclic) bond motifs is 4. The molecule has 176 valence electrons. The van der Waals surface area contributed by atoms with E-state index in [0.717, 1.165) is 28.3 Å². The van der Waals surface area contributed by atoms with Crippen LogP contribution in [0, 0.1) is 0 Å². The van der Waals surface area contributed by atoms with Gasteiger partial charge in [0.05, 0.1) is 0 Å². The fourth-order valence-electron chi connectivity index (χ4n) is 4.63. The summed E-state index contributed by atoms with van der Waals surface area (Å²) in [5.74, 6) is -3.11. The molecular weight excluding hydrogens is 450 g/mol. The highest BCUT2D eigenvalue weighted by molar-refractivity contribution is 6.04. The molecule has 1 aliphatic rings. The SMILES string of the molecule is N[C@@](Cc1cc(=O)oc2cc(O)ccc12)(C(=O)O)C(=O)OCC1c2ccccc2-c2ccccc21. The number of phenols is 1. The van der Waals surface area contributed by atoms with Crippen LogP contribution in [0.5, 0.6) is 5.75 Å². The molecule has 35 heavy (non-hydrogen) atoms. The molecule has 0 bridgehead atoms. The second-order valence-electron chi connectivity index (χ2n) is 8.55. The number of ether oxygens (including phenoxy) is 1. The first-order chi connectivity index (χ1) is 16.8. The van der Waals surface area contributed by atoms with Gasteiger partial charge < -0.3 is 25.1 Å². The normalized spacial score (nSPS) is 14.2. The summed E-state index contributed by atoms with van der Waals surface area (Å²) in [5, 5.41) is 19.9. The molecule has 1 atom stereocenters. The lowest BCUT2D eigenvalue weighted by Gasteiger charge is -2.24. The quantitative estimate of drug-likeness (QED) is 0.221. The minimum absolute atomic E-state index is 0.0489. The number of nitrogens with two attached hydrogens (primary N) is 1. The van der Waals surface area contributed by atoms with Crippen LogP contribution in [0.3, 0.4) is 0 Å². The molecule has 4 N–H and O–H groups in total. The number of carboxylic acid groups (broad SMARTS) is 1. The molecule has 1 aromatic heterocycles. The number of rotatable bonds is 6. The van der Waals surface area contributed by atoms with Crippen molar-refractivity contribution in [2.75, 3.05) is 6.61 Å². The molecule has 8 heteroatoms. The van der Waals surface area contributed by atoms with Crippen LogP contribution in [0.1, 0.15) is 22.6 Å². The van der Waals surface area contributed by atoms with E-state index in [0.29, 0.717) is 5.39 Å². The number of aliphatic carboxylic acids is 1. The minimum atomic E-state index is -2.45. The molecule has 0 amide bonds. The Balaban J connectivity index is 1.44. The zero-order chi connectivity index (χ0) is 24.7. The largest absolute Gasteiger partial charge is 0.508 e. The first-order valence-electron chi connectivity index (χ1n) is 10.9. The third-order valence-corrected chi connectivity index (χ3v) is 6.37. The van der Waals surface area contributed by atoms with Crippen LogP contribution in [0.15, 0.2) is 82.0 Å². The maximum atomic E-state index is 13.1. The highest BCUT2D eigenvalue weighted by Crippen LogP contribution is 2.44. The maximum Gasteiger partial charge on any atom is 0.338 e. The first kappa shape index (κ1) is 22.4. The van der Waals surface area contributed by atoms with Crippen LogP contribution in [0.2, 0.25) is 0 Å². The van der Waals surface area contributed by atoms with Crippen molar-refractivity contribution >= 4 is 22.9 Å². The number of carbonyl (C=O) groups excluding carboxylic acids is 1. The average Bonchev–Trinajstić information content (AvgIpc) is 3.15. The van der Waals surface area contributed by atoms with Gasteiger partial charge in [-0.2, -0.15) is 0 Å². The number of benzene rings is 3. The molecule has 3 aromatic carbocycles. The average molecular weight is 471 g/mol. The molecule has 1 aliphatic carbocycles. The van der Waals surface area contributed by atoms with Crippen LogP contribution in [-0.2, 0) is 20.7 Å². The zero-order valence-corrected chi connectivity index (χ0v) is 18.4. The van der Waals surface area contributed by atoms with Crippen molar-refractivity contribution in [2.24, 2.45) is 5.73 Å². The van der Waals surface area contributed by atoms with Crippen molar-refractivity contribution < 1.29 is 29.0 Å². The first-order valence-corrected chi connectivity index (χ1v) is 10.9. The predicted molar refractivity (Wildman–Crippen MR) is 127 cm³/mol. The van der Waals surface area contributed by atoms with Crippen LogP contribution < -0.4 is 11.4 Å². The summed E-state index contributed by atoms with van der Waals surface area (Å²) < 4.78 is 10.6. The Labute approximate surface area is 199 Å². The lowest BCUT2D eigenvalue weighted by atomic mass is 9.90. The van der Waals surface area contributed by atoms with E-state index in [1.165, 1.54) is 18.2 Å². The molecular formula is C27H21NO7. The second-order valence-corrected chi connectivity index (χ2v) is 8.55. The predicted octanol–water partition coefficient (Wildman–Crippen LogP) is 3.18. The van der Waals surface area contributed by atoms with E-state index < -0.39 is 29.5 Å². The molecule has 5 rings (SSSR count). The lowest BCUT2D eigenvalue weighted by Crippen LogP contribution is -2.57. The molecule has 0 aliphatic heterocycles. The van der Waals surface area contributed by atoms with Crippen LogP contribution in [-0.4, -0.2) is 34.3 Å². The Hall–Kier alpha value is -4.43. The summed E-state index contributed by atoms with van der Waals surface area (Å²) >= 11 is 0. The Morgan fingerprint density at radius 2 is 1.60 bits per heavy atom. The lowest BCUT2D eigenvalue weighted by molar-refractivity contribution is -0.161. The molecule has 0 spiro atoms. The minimum Gasteiger partial charge on any atom is -0.508 e. The van der Waals surface area contributed by atoms with E-state index in [1.54, 1.807) is 0 Å². The monoisotopic (exact) mass is 471 g/mol. The van der Waals surface area contributed by atoms with E-state index in [2.05, 4.69) is 0 Å². The van der Waals surface area contributed by atoms with Gasteiger partial charge in [-0.05, 0) is 39.9 Å². The van der Waals surface area contributed by atoms with E-state index >= 15 is 0 Å². The molecule has 1 heterocycles. The van der Waals surface area contributed by atoms with Crippen molar-refractivity contribution in [3.8, 4) is 16.9 Å². The summed E-state index contributed by atoms with van der Waals surface area (Å²) in [7, 11) is 0. The number of hydrogen-bond acceptors (Lipinski definition) is 7. The van der Waals surface area contributed by atoms with Gasteiger partial charge in [0, 0.05) is 29.9 Å². The van der Waals surface area contributed by atoms with E-state index in [-0.39, 0.29) is 29.4 Å². The zero-order valence-electron chi connectivity index (χ0n) is 18.4. The van der Waals surface area contributed by atoms with Crippen LogP contribution in [0.25, 0.3) is 22.1 Å². The number of esters is 1. The highest BCUT2D eigenvalue weighted by Gasteiger charge is 2.45. The number of phenolic OH excluding ortho intramolecular Hbond substituents is 1. The second kappa shape index (κ2) is 8.41. The smallest absolute Gasteiger partial charge is 0.338 e. The standard InChI is InChI=1S/C27H21NO7/c28-27(25(31)32,13-15-11-24(30)35-23-12-16(29)9-10-17(15)23)26(33)34-14-22-20-7-3-1-5-18(20)19-6-2-4-8-21(19)22/h1-12,22,29H,13-14,28H2,(H,31,32)/t27-/m0/s1. The summed E-state index contributed by atoms with van der Waals surface area (Å²) in [6, 6.07) is 20.7. The number of aromatic hydroxyl groups is 1. The summed E-state index contributed by atoms with van der Waals surface area (Å²) in [6.07, 6.45) is -0.508. The van der Waals surface area contributed by atoms with E-state index in [4.69, 9.17) is 14.9 Å². The van der Waals surface area contributed by atoms with Gasteiger partial charge in [0.15, 0.2) is 0 Å². The Bertz CT molecular complexity index is 1490. The Morgan fingerprint density at radius 3 is 2.23 bits per heavy atom. The molecule has 0 unspecified atom stereocenters. The Morgan fingerprint density at radius 1 is 0.971 bits per heavy atom. The van der Waals surface area contributed by atoms with Gasteiger partial charge in [-0.15, -0.1) is 0 Å². The summed E-state index contributed by atoms with van der Waals surface area (Å²) in [4.78, 5) is 37.3. The van der Waals surface area contributed by atoms with E-state index in [9.17, 15) is 24.6 Å². The van der Waals surface area contributed by atoms with Crippen molar-refractivity contribution in [3.63, 3.8) is 0 Å². The van der Waals surface area contributed by atoms with Gasteiger partial charge >= 0.3 is 17.6 Å². The fraction of sp³-hybridized carbons (Fsp3) is 0.148. The van der Waals surface area contributed by atoms with E-state index in [1.807, 2.05) is 48.5 Å². The van der Waals surface area contributed by atoms with Gasteiger partial charge in [0.1, 0.15) is 17.9 Å². The molecule has 0 radical (unpaired) electrons. The number of carbonyl (C=O) groups is 2. The van der Waals surface area contributed by atoms with Gasteiger partial charge in [0.2, 0.25) is 5.54 Å². The van der Waals surface area contributed by atoms with Gasteiger partial charge in [-0.3, -0.25) is 0 Å². The molecule has 4 aromatic rings. The van der Waals surface area contributed by atoms with Gasteiger partial charge in [-0.25, -0.2) is 14.4 Å². The van der Waals surface area contributed by atoms with Crippen LogP contribution in [0.4, 0.5) is 0 Å². The fourth-order valence-corrected chi connectivity index (χ4v) is 4.63. The van der Waals surface area contributed by atoms with Gasteiger partial charge in [-0.1, -0.05) is 48.5 Å². The molecule has 0 fully saturated rings. The van der Waals surface area contributed by atoms with Crippen LogP contribution >= 0.6 is 0 Å². The highest BCUT2D eigenvalue weighted by atomic mass is 16.5. The van der Waals surface area contributed by atoms with Crippen molar-refractivity contribution in [1.29, 1.82) is 0 Å². The van der Waals surface area contributed by atoms with Crippen molar-refractivity contribution in [1.82, 2.24) is 0 Å². The maximum absolute atomic E-state index is 13.1. The van der Waals surface area contributed by atoms with Crippen molar-refractivity contribution in [2.45, 2.75) is 17.9 Å². The number of hydrogen-bond donors (Lipinski definition) is 3. The van der Waals surface area contributed by atoms with Gasteiger partial charge in [0.25, 0.3) is 0 Å². The summed E-state index contributed by atoms with van der Waals surface area (Å²) in [6.45, 7) is -0.0926. The number of carboxylic acids is 1.